The summed E-state index contributed by atoms with van der Waals surface area (Å²) in [7, 11) is 0. The van der Waals surface area contributed by atoms with Gasteiger partial charge in [0.05, 0.1) is 5.75 Å². The van der Waals surface area contributed by atoms with Crippen LogP contribution in [0.4, 0.5) is 4.39 Å². The van der Waals surface area contributed by atoms with Crippen molar-refractivity contribution in [2.24, 2.45) is 0 Å². The van der Waals surface area contributed by atoms with Crippen LogP contribution in [0.3, 0.4) is 0 Å². The van der Waals surface area contributed by atoms with Crippen LogP contribution in [-0.2, 0) is 11.3 Å². The first-order valence-corrected chi connectivity index (χ1v) is 10.5. The largest absolute Gasteiger partial charge is 0.426 e. The molecule has 0 aliphatic heterocycles. The molecule has 0 atom stereocenters. The van der Waals surface area contributed by atoms with Gasteiger partial charge >= 0.3 is 5.97 Å². The summed E-state index contributed by atoms with van der Waals surface area (Å²) in [6, 6.07) is 19.9. The van der Waals surface area contributed by atoms with Crippen molar-refractivity contribution in [2.75, 3.05) is 5.75 Å². The molecule has 3 aromatic rings. The molecule has 0 bridgehead atoms. The molecular formula is C24H20FNO4S. The molecule has 0 saturated heterocycles. The molecule has 0 aromatic heterocycles. The van der Waals surface area contributed by atoms with E-state index in [9.17, 15) is 18.8 Å². The highest BCUT2D eigenvalue weighted by molar-refractivity contribution is 8.00. The molecule has 0 unspecified atom stereocenters. The topological polar surface area (TPSA) is 72.5 Å². The van der Waals surface area contributed by atoms with Crippen LogP contribution in [0.5, 0.6) is 5.75 Å². The number of carbonyl (C=O) groups is 3. The number of carbonyl (C=O) groups excluding carboxylic acids is 3. The van der Waals surface area contributed by atoms with Gasteiger partial charge in [-0.15, -0.1) is 11.8 Å². The Bertz CT molecular complexity index is 1100. The molecule has 0 heterocycles. The molecule has 0 aliphatic carbocycles. The van der Waals surface area contributed by atoms with Gasteiger partial charge in [-0.1, -0.05) is 42.5 Å². The van der Waals surface area contributed by atoms with E-state index in [1.54, 1.807) is 18.2 Å². The number of amides is 1. The van der Waals surface area contributed by atoms with Crippen molar-refractivity contribution in [3.05, 3.63) is 95.3 Å². The molecule has 158 valence electrons. The van der Waals surface area contributed by atoms with E-state index in [1.807, 2.05) is 30.3 Å². The third-order valence-corrected chi connectivity index (χ3v) is 5.33. The van der Waals surface area contributed by atoms with E-state index in [0.29, 0.717) is 12.1 Å². The molecule has 3 aromatic carbocycles. The van der Waals surface area contributed by atoms with Crippen LogP contribution in [-0.4, -0.2) is 23.4 Å². The molecule has 0 saturated carbocycles. The first kappa shape index (κ1) is 22.2. The van der Waals surface area contributed by atoms with Crippen LogP contribution < -0.4 is 10.1 Å². The van der Waals surface area contributed by atoms with Gasteiger partial charge in [0, 0.05) is 22.6 Å². The minimum Gasteiger partial charge on any atom is -0.426 e. The minimum absolute atomic E-state index is 0.124. The fourth-order valence-corrected chi connectivity index (χ4v) is 3.41. The van der Waals surface area contributed by atoms with Crippen LogP contribution in [0.15, 0.2) is 77.7 Å². The molecular weight excluding hydrogens is 417 g/mol. The molecule has 0 spiro atoms. The zero-order chi connectivity index (χ0) is 22.2. The van der Waals surface area contributed by atoms with Gasteiger partial charge < -0.3 is 10.1 Å². The Morgan fingerprint density at radius 1 is 0.935 bits per heavy atom. The van der Waals surface area contributed by atoms with E-state index in [0.717, 1.165) is 23.4 Å². The van der Waals surface area contributed by atoms with Gasteiger partial charge in [-0.3, -0.25) is 14.4 Å². The van der Waals surface area contributed by atoms with Crippen molar-refractivity contribution in [2.45, 2.75) is 18.4 Å². The second kappa shape index (κ2) is 10.5. The number of rotatable bonds is 8. The highest BCUT2D eigenvalue weighted by atomic mass is 32.2. The van der Waals surface area contributed by atoms with E-state index in [1.165, 1.54) is 25.1 Å². The van der Waals surface area contributed by atoms with Crippen LogP contribution in [0.1, 0.15) is 33.2 Å². The van der Waals surface area contributed by atoms with E-state index in [-0.39, 0.29) is 33.7 Å². The maximum atomic E-state index is 14.1. The van der Waals surface area contributed by atoms with E-state index < -0.39 is 11.8 Å². The fourth-order valence-electron chi connectivity index (χ4n) is 2.72. The highest BCUT2D eigenvalue weighted by Gasteiger charge is 2.12. The molecule has 1 N–H and O–H groups in total. The van der Waals surface area contributed by atoms with E-state index in [4.69, 9.17) is 4.74 Å². The Morgan fingerprint density at radius 3 is 2.42 bits per heavy atom. The fraction of sp³-hybridized carbons (Fsp3) is 0.125. The van der Waals surface area contributed by atoms with Gasteiger partial charge in [-0.05, 0) is 42.8 Å². The quantitative estimate of drug-likeness (QED) is 0.240. The number of Topliss-reactive ketones (excluding diaryl/α,β-unsaturated/α-hetero) is 1. The first-order chi connectivity index (χ1) is 14.9. The van der Waals surface area contributed by atoms with Crippen LogP contribution >= 0.6 is 11.8 Å². The normalized spacial score (nSPS) is 10.4. The molecule has 3 rings (SSSR count). The number of esters is 1. The summed E-state index contributed by atoms with van der Waals surface area (Å²) in [5.41, 5.74) is 1.60. The number of hydrogen-bond donors (Lipinski definition) is 1. The number of halogens is 1. The van der Waals surface area contributed by atoms with Gasteiger partial charge in [0.2, 0.25) is 0 Å². The highest BCUT2D eigenvalue weighted by Crippen LogP contribution is 2.23. The Kier molecular flexibility index (Phi) is 7.56. The Hall–Kier alpha value is -3.45. The zero-order valence-corrected chi connectivity index (χ0v) is 17.6. The van der Waals surface area contributed by atoms with Gasteiger partial charge in [0.15, 0.2) is 5.78 Å². The van der Waals surface area contributed by atoms with E-state index in [2.05, 4.69) is 5.32 Å². The Balaban J connectivity index is 1.54. The summed E-state index contributed by atoms with van der Waals surface area (Å²) in [4.78, 5) is 36.0. The second-order valence-corrected chi connectivity index (χ2v) is 7.68. The summed E-state index contributed by atoms with van der Waals surface area (Å²) >= 11 is 0.971. The molecule has 31 heavy (non-hydrogen) atoms. The molecule has 5 nitrogen and oxygen atoms in total. The zero-order valence-electron chi connectivity index (χ0n) is 16.8. The maximum Gasteiger partial charge on any atom is 0.321 e. The predicted octanol–water partition coefficient (Wildman–Crippen LogP) is 4.66. The number of nitrogens with one attached hydrogen (secondary N) is 1. The van der Waals surface area contributed by atoms with Crippen LogP contribution in [0.2, 0.25) is 0 Å². The van der Waals surface area contributed by atoms with Crippen molar-refractivity contribution in [1.29, 1.82) is 0 Å². The van der Waals surface area contributed by atoms with E-state index >= 15 is 0 Å². The van der Waals surface area contributed by atoms with Gasteiger partial charge in [-0.25, -0.2) is 4.39 Å². The third-order valence-electron chi connectivity index (χ3n) is 4.31. The number of thioether (sulfide) groups is 1. The molecule has 0 fully saturated rings. The van der Waals surface area contributed by atoms with Crippen LogP contribution in [0.25, 0.3) is 0 Å². The summed E-state index contributed by atoms with van der Waals surface area (Å²) < 4.78 is 19.3. The number of ether oxygens (including phenoxy) is 1. The smallest absolute Gasteiger partial charge is 0.321 e. The lowest BCUT2D eigenvalue weighted by Crippen LogP contribution is -2.22. The molecule has 7 heteroatoms. The summed E-state index contributed by atoms with van der Waals surface area (Å²) in [5, 5.41) is 2.81. The molecule has 0 radical (unpaired) electrons. The standard InChI is InChI=1S/C24H20FNO4S/c1-16(27)18-10-11-22(21(25)13-18)31-15-23(28)30-20-9-5-8-19(12-20)24(29)26-14-17-6-3-2-4-7-17/h2-13H,14-15H2,1H3,(H,26,29). The van der Waals surface area contributed by atoms with Crippen molar-refractivity contribution in [3.63, 3.8) is 0 Å². The van der Waals surface area contributed by atoms with Crippen molar-refractivity contribution in [3.8, 4) is 5.75 Å². The summed E-state index contributed by atoms with van der Waals surface area (Å²) in [6.45, 7) is 1.74. The van der Waals surface area contributed by atoms with Crippen molar-refractivity contribution in [1.82, 2.24) is 5.32 Å². The Labute approximate surface area is 183 Å². The third kappa shape index (κ3) is 6.52. The predicted molar refractivity (Wildman–Crippen MR) is 117 cm³/mol. The van der Waals surface area contributed by atoms with Gasteiger partial charge in [0.1, 0.15) is 11.6 Å². The average molecular weight is 437 g/mol. The lowest BCUT2D eigenvalue weighted by molar-refractivity contribution is -0.131. The summed E-state index contributed by atoms with van der Waals surface area (Å²) in [5.74, 6) is -1.57. The monoisotopic (exact) mass is 437 g/mol. The number of hydrogen-bond acceptors (Lipinski definition) is 5. The number of ketones is 1. The SMILES string of the molecule is CC(=O)c1ccc(SCC(=O)Oc2cccc(C(=O)NCc3ccccc3)c2)c(F)c1. The minimum atomic E-state index is -0.582. The molecule has 1 amide bonds. The first-order valence-electron chi connectivity index (χ1n) is 9.48. The maximum absolute atomic E-state index is 14.1. The van der Waals surface area contributed by atoms with Crippen LogP contribution in [0, 0.1) is 5.82 Å². The molecule has 0 aliphatic rings. The average Bonchev–Trinajstić information content (AvgIpc) is 2.77. The summed E-state index contributed by atoms with van der Waals surface area (Å²) in [6.07, 6.45) is 0. The van der Waals surface area contributed by atoms with Crippen molar-refractivity contribution >= 4 is 29.4 Å². The van der Waals surface area contributed by atoms with Gasteiger partial charge in [0.25, 0.3) is 5.91 Å². The lowest BCUT2D eigenvalue weighted by atomic mass is 10.1. The Morgan fingerprint density at radius 2 is 1.71 bits per heavy atom. The lowest BCUT2D eigenvalue weighted by Gasteiger charge is -2.08. The van der Waals surface area contributed by atoms with Gasteiger partial charge in [-0.2, -0.15) is 0 Å². The van der Waals surface area contributed by atoms with Crippen molar-refractivity contribution < 1.29 is 23.5 Å². The second-order valence-electron chi connectivity index (χ2n) is 6.66. The number of benzene rings is 3.